The van der Waals surface area contributed by atoms with Crippen LogP contribution in [0.3, 0.4) is 0 Å². The Balaban J connectivity index is 2.41. The fraction of sp³-hybridized carbons (Fsp3) is 0.100. The lowest BCUT2D eigenvalue weighted by Crippen LogP contribution is -1.83. The molecule has 0 atom stereocenters. The second-order valence-electron chi connectivity index (χ2n) is 3.24. The highest BCUT2D eigenvalue weighted by Crippen LogP contribution is 2.17. The van der Waals surface area contributed by atoms with Crippen molar-refractivity contribution in [2.24, 2.45) is 0 Å². The van der Waals surface area contributed by atoms with Crippen molar-refractivity contribution in [1.82, 2.24) is 9.97 Å². The summed E-state index contributed by atoms with van der Waals surface area (Å²) in [5.74, 6) is 0. The van der Waals surface area contributed by atoms with E-state index >= 15 is 0 Å². The monoisotopic (exact) mass is 222 g/mol. The SMILES string of the molecule is Cc1ccc(-c2cnc([SH](=O)=O)[nH]2)cc1. The highest BCUT2D eigenvalue weighted by molar-refractivity contribution is 7.72. The van der Waals surface area contributed by atoms with Crippen molar-refractivity contribution in [3.8, 4) is 11.3 Å². The molecule has 0 spiro atoms. The zero-order chi connectivity index (χ0) is 10.8. The number of hydrogen-bond donors (Lipinski definition) is 2. The van der Waals surface area contributed by atoms with Gasteiger partial charge in [-0.1, -0.05) is 29.8 Å². The Morgan fingerprint density at radius 2 is 1.87 bits per heavy atom. The van der Waals surface area contributed by atoms with Crippen LogP contribution in [0.25, 0.3) is 11.3 Å². The van der Waals surface area contributed by atoms with E-state index in [1.54, 1.807) is 0 Å². The van der Waals surface area contributed by atoms with Gasteiger partial charge in [0.25, 0.3) is 0 Å². The molecule has 0 radical (unpaired) electrons. The number of hydrogen-bond acceptors (Lipinski definition) is 3. The summed E-state index contributed by atoms with van der Waals surface area (Å²) in [5, 5.41) is 0.000532. The van der Waals surface area contributed by atoms with E-state index in [1.807, 2.05) is 31.2 Å². The van der Waals surface area contributed by atoms with Crippen molar-refractivity contribution >= 4 is 10.7 Å². The van der Waals surface area contributed by atoms with Gasteiger partial charge >= 0.3 is 0 Å². The zero-order valence-corrected chi connectivity index (χ0v) is 8.99. The molecule has 1 aromatic carbocycles. The lowest BCUT2D eigenvalue weighted by molar-refractivity contribution is 0.608. The van der Waals surface area contributed by atoms with Crippen LogP contribution >= 0.6 is 0 Å². The lowest BCUT2D eigenvalue weighted by atomic mass is 10.1. The van der Waals surface area contributed by atoms with Crippen molar-refractivity contribution in [2.75, 3.05) is 0 Å². The molecule has 0 saturated heterocycles. The molecule has 2 rings (SSSR count). The molecule has 1 aromatic heterocycles. The topological polar surface area (TPSA) is 62.8 Å². The number of thiol groups is 1. The summed E-state index contributed by atoms with van der Waals surface area (Å²) in [7, 11) is -2.64. The second kappa shape index (κ2) is 3.86. The van der Waals surface area contributed by atoms with E-state index in [-0.39, 0.29) is 5.16 Å². The number of aryl methyl sites for hydroxylation is 1. The molecule has 0 unspecified atom stereocenters. The van der Waals surface area contributed by atoms with E-state index in [4.69, 9.17) is 0 Å². The summed E-state index contributed by atoms with van der Waals surface area (Å²) in [5.41, 5.74) is 2.80. The quantitative estimate of drug-likeness (QED) is 0.754. The smallest absolute Gasteiger partial charge is 0.222 e. The molecule has 0 fully saturated rings. The van der Waals surface area contributed by atoms with Crippen LogP contribution in [0, 0.1) is 6.92 Å². The first kappa shape index (κ1) is 9.92. The maximum atomic E-state index is 10.6. The lowest BCUT2D eigenvalue weighted by Gasteiger charge is -1.97. The molecule has 78 valence electrons. The van der Waals surface area contributed by atoms with Gasteiger partial charge < -0.3 is 4.98 Å². The van der Waals surface area contributed by atoms with Crippen LogP contribution in [0.15, 0.2) is 35.6 Å². The van der Waals surface area contributed by atoms with Gasteiger partial charge in [0.05, 0.1) is 11.9 Å². The highest BCUT2D eigenvalue weighted by Gasteiger charge is 2.03. The van der Waals surface area contributed by atoms with Gasteiger partial charge in [0, 0.05) is 0 Å². The van der Waals surface area contributed by atoms with Crippen molar-refractivity contribution in [3.05, 3.63) is 36.0 Å². The van der Waals surface area contributed by atoms with Gasteiger partial charge in [-0.15, -0.1) is 0 Å². The third-order valence-corrected chi connectivity index (χ3v) is 2.67. The first-order valence-electron chi connectivity index (χ1n) is 4.43. The van der Waals surface area contributed by atoms with E-state index in [1.165, 1.54) is 6.20 Å². The Morgan fingerprint density at radius 3 is 2.40 bits per heavy atom. The van der Waals surface area contributed by atoms with Crippen molar-refractivity contribution < 1.29 is 8.42 Å². The number of aromatic amines is 1. The third kappa shape index (κ3) is 2.07. The van der Waals surface area contributed by atoms with Gasteiger partial charge in [-0.05, 0) is 12.5 Å². The van der Waals surface area contributed by atoms with E-state index in [0.717, 1.165) is 11.1 Å². The van der Waals surface area contributed by atoms with Gasteiger partial charge in [-0.25, -0.2) is 13.4 Å². The van der Waals surface area contributed by atoms with Gasteiger partial charge in [0.2, 0.25) is 15.9 Å². The Morgan fingerprint density at radius 1 is 1.20 bits per heavy atom. The second-order valence-corrected chi connectivity index (χ2v) is 4.18. The fourth-order valence-corrected chi connectivity index (χ4v) is 1.65. The maximum absolute atomic E-state index is 10.6. The summed E-state index contributed by atoms with van der Waals surface area (Å²) in [6, 6.07) is 7.77. The van der Waals surface area contributed by atoms with E-state index in [0.29, 0.717) is 5.69 Å². The summed E-state index contributed by atoms with van der Waals surface area (Å²) < 4.78 is 21.3. The molecule has 0 aliphatic carbocycles. The number of benzene rings is 1. The molecule has 0 aliphatic heterocycles. The number of nitrogens with one attached hydrogen (secondary N) is 1. The minimum absolute atomic E-state index is 0.000532. The Bertz CT molecular complexity index is 533. The van der Waals surface area contributed by atoms with E-state index in [9.17, 15) is 8.42 Å². The molecule has 5 heteroatoms. The number of H-pyrrole nitrogens is 1. The first-order chi connectivity index (χ1) is 7.16. The minimum Gasteiger partial charge on any atom is -0.329 e. The van der Waals surface area contributed by atoms with Crippen LogP contribution in [-0.4, -0.2) is 18.4 Å². The first-order valence-corrected chi connectivity index (χ1v) is 5.61. The standard InChI is InChI=1S/C10H10N2O2S/c1-7-2-4-8(5-3-7)9-6-11-10(12-9)15(13)14/h2-6,15H,1H3,(H,11,12). The molecule has 15 heavy (non-hydrogen) atoms. The number of imidazole rings is 1. The van der Waals surface area contributed by atoms with Crippen LogP contribution in [0.4, 0.5) is 0 Å². The van der Waals surface area contributed by atoms with Crippen LogP contribution in [0.1, 0.15) is 5.56 Å². The van der Waals surface area contributed by atoms with Gasteiger partial charge in [0.15, 0.2) is 0 Å². The molecular formula is C10H10N2O2S. The largest absolute Gasteiger partial charge is 0.329 e. The van der Waals surface area contributed by atoms with Crippen molar-refractivity contribution in [3.63, 3.8) is 0 Å². The molecular weight excluding hydrogens is 212 g/mol. The molecule has 1 heterocycles. The Hall–Kier alpha value is -1.62. The molecule has 0 aliphatic rings. The van der Waals surface area contributed by atoms with Crippen LogP contribution < -0.4 is 0 Å². The van der Waals surface area contributed by atoms with Gasteiger partial charge in [-0.2, -0.15) is 0 Å². The van der Waals surface area contributed by atoms with Crippen LogP contribution in [0.2, 0.25) is 0 Å². The average molecular weight is 222 g/mol. The van der Waals surface area contributed by atoms with E-state index in [2.05, 4.69) is 9.97 Å². The summed E-state index contributed by atoms with van der Waals surface area (Å²) in [4.78, 5) is 6.50. The summed E-state index contributed by atoms with van der Waals surface area (Å²) in [6.07, 6.45) is 1.52. The van der Waals surface area contributed by atoms with Crippen molar-refractivity contribution in [1.29, 1.82) is 0 Å². The molecule has 4 nitrogen and oxygen atoms in total. The van der Waals surface area contributed by atoms with E-state index < -0.39 is 10.7 Å². The third-order valence-electron chi connectivity index (χ3n) is 2.10. The van der Waals surface area contributed by atoms with Crippen molar-refractivity contribution in [2.45, 2.75) is 12.1 Å². The minimum atomic E-state index is -2.64. The molecule has 2 aromatic rings. The predicted molar refractivity (Wildman–Crippen MR) is 57.3 cm³/mol. The maximum Gasteiger partial charge on any atom is 0.222 e. The van der Waals surface area contributed by atoms with Gasteiger partial charge in [-0.3, -0.25) is 0 Å². The van der Waals surface area contributed by atoms with Crippen LogP contribution in [-0.2, 0) is 10.7 Å². The normalized spacial score (nSPS) is 10.8. The Labute approximate surface area is 88.9 Å². The fourth-order valence-electron chi connectivity index (χ4n) is 1.28. The predicted octanol–water partition coefficient (Wildman–Crippen LogP) is 1.36. The molecule has 0 saturated carbocycles. The number of nitrogens with zero attached hydrogens (tertiary/aromatic N) is 1. The van der Waals surface area contributed by atoms with Crippen LogP contribution in [0.5, 0.6) is 0 Å². The highest BCUT2D eigenvalue weighted by atomic mass is 32.2. The molecule has 0 bridgehead atoms. The van der Waals surface area contributed by atoms with Gasteiger partial charge in [0.1, 0.15) is 0 Å². The Kier molecular flexibility index (Phi) is 2.55. The number of rotatable bonds is 2. The number of aromatic nitrogens is 2. The molecule has 0 amide bonds. The molecule has 1 N–H and O–H groups in total. The summed E-state index contributed by atoms with van der Waals surface area (Å²) >= 11 is 0. The summed E-state index contributed by atoms with van der Waals surface area (Å²) in [6.45, 7) is 2.00. The average Bonchev–Trinajstić information content (AvgIpc) is 2.68. The zero-order valence-electron chi connectivity index (χ0n) is 8.10.